The molecule has 0 spiro atoms. The Morgan fingerprint density at radius 3 is 2.75 bits per heavy atom. The Labute approximate surface area is 112 Å². The normalized spacial score (nSPS) is 11.2. The molecule has 4 heterocycles. The van der Waals surface area contributed by atoms with Crippen molar-refractivity contribution in [3.05, 3.63) is 48.9 Å². The first-order valence-electron chi connectivity index (χ1n) is 6.02. The first-order valence-corrected chi connectivity index (χ1v) is 6.02. The molecule has 0 N–H and O–H groups in total. The molecule has 4 aromatic rings. The highest BCUT2D eigenvalue weighted by molar-refractivity contribution is 5.84. The third-order valence-electron chi connectivity index (χ3n) is 2.94. The van der Waals surface area contributed by atoms with Crippen LogP contribution in [0.4, 0.5) is 0 Å². The monoisotopic (exact) mass is 267 g/mol. The van der Waals surface area contributed by atoms with E-state index in [2.05, 4.69) is 20.3 Å². The van der Waals surface area contributed by atoms with Crippen molar-refractivity contribution >= 4 is 11.2 Å². The largest absolute Gasteiger partial charge is 0.467 e. The van der Waals surface area contributed by atoms with E-state index < -0.39 is 0 Å². The molecule has 0 fully saturated rings. The van der Waals surface area contributed by atoms with Crippen LogP contribution in [0.2, 0.25) is 0 Å². The number of hydrogen-bond acceptors (Lipinski definition) is 6. The molecule has 0 aliphatic rings. The summed E-state index contributed by atoms with van der Waals surface area (Å²) in [6.07, 6.45) is 4.69. The molecular formula is C13H9N5O2. The van der Waals surface area contributed by atoms with E-state index >= 15 is 0 Å². The van der Waals surface area contributed by atoms with E-state index in [1.165, 1.54) is 6.33 Å². The summed E-state index contributed by atoms with van der Waals surface area (Å²) in [6, 6.07) is 7.34. The summed E-state index contributed by atoms with van der Waals surface area (Å²) in [6.45, 7) is 0.470. The predicted octanol–water partition coefficient (Wildman–Crippen LogP) is 2.12. The zero-order valence-electron chi connectivity index (χ0n) is 10.3. The Bertz CT molecular complexity index is 833. The maximum atomic E-state index is 5.36. The minimum Gasteiger partial charge on any atom is -0.467 e. The Kier molecular flexibility index (Phi) is 2.35. The van der Waals surface area contributed by atoms with Crippen LogP contribution in [0.5, 0.6) is 0 Å². The van der Waals surface area contributed by atoms with Crippen LogP contribution >= 0.6 is 0 Å². The lowest BCUT2D eigenvalue weighted by Crippen LogP contribution is -2.02. The SMILES string of the molecule is c1coc(Cn2nnc3c(-c4ccco4)ncnc32)c1. The van der Waals surface area contributed by atoms with Gasteiger partial charge in [0, 0.05) is 0 Å². The third kappa shape index (κ3) is 1.68. The molecular weight excluding hydrogens is 258 g/mol. The highest BCUT2D eigenvalue weighted by Gasteiger charge is 2.15. The van der Waals surface area contributed by atoms with E-state index in [-0.39, 0.29) is 0 Å². The van der Waals surface area contributed by atoms with Crippen molar-refractivity contribution in [3.8, 4) is 11.5 Å². The van der Waals surface area contributed by atoms with Gasteiger partial charge in [0.25, 0.3) is 0 Å². The minimum atomic E-state index is 0.470. The molecule has 0 unspecified atom stereocenters. The van der Waals surface area contributed by atoms with Crippen molar-refractivity contribution < 1.29 is 8.83 Å². The fraction of sp³-hybridized carbons (Fsp3) is 0.0769. The lowest BCUT2D eigenvalue weighted by molar-refractivity contribution is 0.479. The van der Waals surface area contributed by atoms with Crippen molar-refractivity contribution in [3.63, 3.8) is 0 Å². The molecule has 4 rings (SSSR count). The molecule has 98 valence electrons. The Balaban J connectivity index is 1.84. The first kappa shape index (κ1) is 10.9. The molecule has 0 bridgehead atoms. The molecule has 4 aromatic heterocycles. The first-order chi connectivity index (χ1) is 9.92. The Morgan fingerprint density at radius 1 is 1.05 bits per heavy atom. The zero-order valence-corrected chi connectivity index (χ0v) is 10.3. The van der Waals surface area contributed by atoms with E-state index in [1.807, 2.05) is 18.2 Å². The van der Waals surface area contributed by atoms with Gasteiger partial charge in [-0.15, -0.1) is 5.10 Å². The van der Waals surface area contributed by atoms with Gasteiger partial charge in [-0.25, -0.2) is 14.6 Å². The van der Waals surface area contributed by atoms with E-state index in [0.717, 1.165) is 5.76 Å². The minimum absolute atomic E-state index is 0.470. The Morgan fingerprint density at radius 2 is 1.95 bits per heavy atom. The summed E-state index contributed by atoms with van der Waals surface area (Å²) in [4.78, 5) is 8.45. The number of rotatable bonds is 3. The van der Waals surface area contributed by atoms with Crippen molar-refractivity contribution in [1.82, 2.24) is 25.0 Å². The van der Waals surface area contributed by atoms with Gasteiger partial charge < -0.3 is 8.83 Å². The lowest BCUT2D eigenvalue weighted by atomic mass is 10.3. The smallest absolute Gasteiger partial charge is 0.182 e. The summed E-state index contributed by atoms with van der Waals surface area (Å²) in [5, 5.41) is 8.24. The van der Waals surface area contributed by atoms with Gasteiger partial charge in [0.2, 0.25) is 0 Å². The molecule has 0 saturated carbocycles. The van der Waals surface area contributed by atoms with Gasteiger partial charge in [0.1, 0.15) is 24.3 Å². The topological polar surface area (TPSA) is 82.8 Å². The van der Waals surface area contributed by atoms with Crippen LogP contribution in [0.25, 0.3) is 22.6 Å². The van der Waals surface area contributed by atoms with Crippen molar-refractivity contribution in [2.75, 3.05) is 0 Å². The maximum absolute atomic E-state index is 5.36. The maximum Gasteiger partial charge on any atom is 0.182 e. The van der Waals surface area contributed by atoms with Crippen molar-refractivity contribution in [2.24, 2.45) is 0 Å². The second-order valence-corrected chi connectivity index (χ2v) is 4.20. The van der Waals surface area contributed by atoms with E-state index in [9.17, 15) is 0 Å². The summed E-state index contributed by atoms with van der Waals surface area (Å²) >= 11 is 0. The number of furan rings is 2. The van der Waals surface area contributed by atoms with Crippen molar-refractivity contribution in [1.29, 1.82) is 0 Å². The van der Waals surface area contributed by atoms with Crippen LogP contribution in [-0.4, -0.2) is 25.0 Å². The van der Waals surface area contributed by atoms with Crippen LogP contribution in [0.1, 0.15) is 5.76 Å². The van der Waals surface area contributed by atoms with Gasteiger partial charge in [-0.1, -0.05) is 5.21 Å². The van der Waals surface area contributed by atoms with Gasteiger partial charge in [-0.2, -0.15) is 0 Å². The van der Waals surface area contributed by atoms with E-state index in [1.54, 1.807) is 23.3 Å². The molecule has 0 aliphatic heterocycles. The number of aromatic nitrogens is 5. The average Bonchev–Trinajstić information content (AvgIpc) is 3.20. The van der Waals surface area contributed by atoms with Gasteiger partial charge in [0.05, 0.1) is 12.5 Å². The number of nitrogens with zero attached hydrogens (tertiary/aromatic N) is 5. The second-order valence-electron chi connectivity index (χ2n) is 4.20. The molecule has 20 heavy (non-hydrogen) atoms. The lowest BCUT2D eigenvalue weighted by Gasteiger charge is -1.99. The van der Waals surface area contributed by atoms with E-state index in [4.69, 9.17) is 8.83 Å². The van der Waals surface area contributed by atoms with Gasteiger partial charge in [-0.05, 0) is 24.3 Å². The van der Waals surface area contributed by atoms with Crippen LogP contribution in [0, 0.1) is 0 Å². The standard InChI is InChI=1S/C13H9N5O2/c1-3-9(19-5-1)7-18-13-12(16-17-18)11(14-8-15-13)10-4-2-6-20-10/h1-6,8H,7H2. The third-order valence-corrected chi connectivity index (χ3v) is 2.94. The fourth-order valence-corrected chi connectivity index (χ4v) is 2.04. The van der Waals surface area contributed by atoms with Crippen LogP contribution in [0.15, 0.2) is 52.0 Å². The number of hydrogen-bond donors (Lipinski definition) is 0. The van der Waals surface area contributed by atoms with Gasteiger partial charge in [-0.3, -0.25) is 0 Å². The molecule has 0 radical (unpaired) electrons. The molecule has 0 saturated heterocycles. The van der Waals surface area contributed by atoms with Crippen LogP contribution in [0.3, 0.4) is 0 Å². The molecule has 0 atom stereocenters. The fourth-order valence-electron chi connectivity index (χ4n) is 2.04. The molecule has 7 heteroatoms. The summed E-state index contributed by atoms with van der Waals surface area (Å²) in [7, 11) is 0. The summed E-state index contributed by atoms with van der Waals surface area (Å²) < 4.78 is 12.3. The average molecular weight is 267 g/mol. The molecule has 0 aromatic carbocycles. The second kappa shape index (κ2) is 4.30. The summed E-state index contributed by atoms with van der Waals surface area (Å²) in [5.74, 6) is 1.43. The highest BCUT2D eigenvalue weighted by atomic mass is 16.3. The quantitative estimate of drug-likeness (QED) is 0.565. The van der Waals surface area contributed by atoms with Crippen LogP contribution < -0.4 is 0 Å². The van der Waals surface area contributed by atoms with Gasteiger partial charge >= 0.3 is 0 Å². The predicted molar refractivity (Wildman–Crippen MR) is 68.6 cm³/mol. The summed E-state index contributed by atoms with van der Waals surface area (Å²) in [5.41, 5.74) is 1.88. The van der Waals surface area contributed by atoms with Crippen molar-refractivity contribution in [2.45, 2.75) is 6.54 Å². The molecule has 0 amide bonds. The zero-order chi connectivity index (χ0) is 13.4. The highest BCUT2D eigenvalue weighted by Crippen LogP contribution is 2.23. The van der Waals surface area contributed by atoms with Crippen LogP contribution in [-0.2, 0) is 6.54 Å². The molecule has 0 aliphatic carbocycles. The molecule has 7 nitrogen and oxygen atoms in total. The van der Waals surface area contributed by atoms with Gasteiger partial charge in [0.15, 0.2) is 16.9 Å². The number of fused-ring (bicyclic) bond motifs is 1. The van der Waals surface area contributed by atoms with E-state index in [0.29, 0.717) is 29.2 Å². The Hall–Kier alpha value is -2.96.